The molecule has 0 aliphatic carbocycles. The number of nitrogens with one attached hydrogen (secondary N) is 1. The van der Waals surface area contributed by atoms with E-state index < -0.39 is 0 Å². The van der Waals surface area contributed by atoms with E-state index in [4.69, 9.17) is 17.0 Å². The third kappa shape index (κ3) is 3.40. The molecule has 1 aromatic heterocycles. The van der Waals surface area contributed by atoms with Crippen LogP contribution < -0.4 is 4.74 Å². The van der Waals surface area contributed by atoms with Crippen molar-refractivity contribution in [2.75, 3.05) is 7.11 Å². The first kappa shape index (κ1) is 15.6. The van der Waals surface area contributed by atoms with Crippen molar-refractivity contribution in [3.05, 3.63) is 63.3 Å². The summed E-state index contributed by atoms with van der Waals surface area (Å²) >= 11 is 8.68. The number of aromatic nitrogens is 3. The molecule has 0 aliphatic rings. The van der Waals surface area contributed by atoms with Crippen molar-refractivity contribution in [3.63, 3.8) is 0 Å². The number of hydrogen-bond acceptors (Lipinski definition) is 4. The predicted octanol–water partition coefficient (Wildman–Crippen LogP) is 4.26. The van der Waals surface area contributed by atoms with E-state index in [1.54, 1.807) is 18.0 Å². The zero-order valence-electron chi connectivity index (χ0n) is 12.2. The van der Waals surface area contributed by atoms with Crippen LogP contribution in [0.1, 0.15) is 5.56 Å². The molecular formula is C16H13BrN4OS. The Balaban J connectivity index is 2.02. The Morgan fingerprint density at radius 2 is 1.96 bits per heavy atom. The van der Waals surface area contributed by atoms with Gasteiger partial charge in [0.1, 0.15) is 5.75 Å². The quantitative estimate of drug-likeness (QED) is 0.536. The number of benzene rings is 2. The van der Waals surface area contributed by atoms with Crippen molar-refractivity contribution in [1.82, 2.24) is 14.9 Å². The second-order valence-corrected chi connectivity index (χ2v) is 5.96. The summed E-state index contributed by atoms with van der Waals surface area (Å²) in [5.74, 6) is 1.31. The number of methoxy groups -OCH3 is 1. The predicted molar refractivity (Wildman–Crippen MR) is 96.5 cm³/mol. The normalized spacial score (nSPS) is 11.0. The number of ether oxygens (including phenoxy) is 1. The first-order valence-corrected chi connectivity index (χ1v) is 8.00. The Kier molecular flexibility index (Phi) is 4.68. The number of halogens is 1. The van der Waals surface area contributed by atoms with Crippen molar-refractivity contribution < 1.29 is 4.74 Å². The molecule has 3 aromatic rings. The van der Waals surface area contributed by atoms with E-state index >= 15 is 0 Å². The monoisotopic (exact) mass is 388 g/mol. The summed E-state index contributed by atoms with van der Waals surface area (Å²) in [5.41, 5.74) is 1.78. The minimum Gasteiger partial charge on any atom is -0.496 e. The molecular weight excluding hydrogens is 376 g/mol. The first-order valence-electron chi connectivity index (χ1n) is 6.80. The maximum Gasteiger partial charge on any atom is 0.216 e. The summed E-state index contributed by atoms with van der Waals surface area (Å²) in [6.07, 6.45) is 1.73. The molecule has 2 aromatic carbocycles. The van der Waals surface area contributed by atoms with Crippen molar-refractivity contribution in [2.24, 2.45) is 5.10 Å². The molecule has 0 saturated carbocycles. The number of rotatable bonds is 4. The Morgan fingerprint density at radius 1 is 1.22 bits per heavy atom. The summed E-state index contributed by atoms with van der Waals surface area (Å²) < 4.78 is 8.39. The van der Waals surface area contributed by atoms with E-state index in [1.807, 2.05) is 48.5 Å². The summed E-state index contributed by atoms with van der Waals surface area (Å²) in [7, 11) is 1.62. The van der Waals surface area contributed by atoms with E-state index in [0.29, 0.717) is 16.3 Å². The summed E-state index contributed by atoms with van der Waals surface area (Å²) in [4.78, 5) is 0. The molecule has 0 bridgehead atoms. The Hall–Kier alpha value is -2.25. The van der Waals surface area contributed by atoms with Crippen LogP contribution in [-0.2, 0) is 0 Å². The van der Waals surface area contributed by atoms with Crippen molar-refractivity contribution in [1.29, 1.82) is 0 Å². The number of para-hydroxylation sites is 1. The molecule has 5 nitrogen and oxygen atoms in total. The Labute approximate surface area is 146 Å². The average molecular weight is 389 g/mol. The molecule has 1 N–H and O–H groups in total. The first-order chi connectivity index (χ1) is 11.2. The number of hydrogen-bond donors (Lipinski definition) is 1. The molecule has 0 amide bonds. The van der Waals surface area contributed by atoms with Gasteiger partial charge in [-0.25, -0.2) is 5.10 Å². The standard InChI is InChI=1S/C16H13BrN4OS/c1-22-14-5-3-2-4-13(14)15-19-20-16(23)21(15)18-10-11-6-8-12(17)9-7-11/h2-10H,1H3,(H,20,23). The van der Waals surface area contributed by atoms with E-state index in [-0.39, 0.29) is 0 Å². The highest BCUT2D eigenvalue weighted by Crippen LogP contribution is 2.28. The van der Waals surface area contributed by atoms with Gasteiger partial charge < -0.3 is 4.74 Å². The van der Waals surface area contributed by atoms with Crippen LogP contribution in [0.2, 0.25) is 0 Å². The van der Waals surface area contributed by atoms with Crippen LogP contribution in [0.3, 0.4) is 0 Å². The van der Waals surface area contributed by atoms with Gasteiger partial charge in [-0.05, 0) is 42.0 Å². The molecule has 0 fully saturated rings. The number of nitrogens with zero attached hydrogens (tertiary/aromatic N) is 3. The third-order valence-electron chi connectivity index (χ3n) is 3.19. The highest BCUT2D eigenvalue weighted by Gasteiger charge is 2.12. The maximum atomic E-state index is 5.38. The van der Waals surface area contributed by atoms with Crippen LogP contribution in [0.25, 0.3) is 11.4 Å². The lowest BCUT2D eigenvalue weighted by atomic mass is 10.2. The van der Waals surface area contributed by atoms with E-state index in [0.717, 1.165) is 15.6 Å². The summed E-state index contributed by atoms with van der Waals surface area (Å²) in [6.45, 7) is 0. The van der Waals surface area contributed by atoms with Gasteiger partial charge in [0.2, 0.25) is 4.77 Å². The van der Waals surface area contributed by atoms with Gasteiger partial charge in [-0.15, -0.1) is 0 Å². The van der Waals surface area contributed by atoms with Crippen LogP contribution in [-0.4, -0.2) is 28.2 Å². The molecule has 0 saturated heterocycles. The maximum absolute atomic E-state index is 5.38. The van der Waals surface area contributed by atoms with Crippen LogP contribution in [0.15, 0.2) is 58.1 Å². The Bertz CT molecular complexity index is 899. The summed E-state index contributed by atoms with van der Waals surface area (Å²) in [5, 5.41) is 11.5. The zero-order valence-corrected chi connectivity index (χ0v) is 14.6. The fourth-order valence-corrected chi connectivity index (χ4v) is 2.52. The number of H-pyrrole nitrogens is 1. The van der Waals surface area contributed by atoms with Gasteiger partial charge in [0.05, 0.1) is 18.9 Å². The minimum absolute atomic E-state index is 0.416. The second-order valence-electron chi connectivity index (χ2n) is 4.66. The van der Waals surface area contributed by atoms with Crippen LogP contribution in [0, 0.1) is 4.77 Å². The molecule has 116 valence electrons. The highest BCUT2D eigenvalue weighted by atomic mass is 79.9. The molecule has 0 aliphatic heterocycles. The molecule has 0 spiro atoms. The van der Waals surface area contributed by atoms with Gasteiger partial charge in [0.25, 0.3) is 0 Å². The zero-order chi connectivity index (χ0) is 16.2. The Morgan fingerprint density at radius 3 is 2.70 bits per heavy atom. The SMILES string of the molecule is COc1ccccc1-c1n[nH]c(=S)n1N=Cc1ccc(Br)cc1. The molecule has 23 heavy (non-hydrogen) atoms. The second kappa shape index (κ2) is 6.89. The van der Waals surface area contributed by atoms with Crippen molar-refractivity contribution >= 4 is 34.4 Å². The highest BCUT2D eigenvalue weighted by molar-refractivity contribution is 9.10. The molecule has 0 unspecified atom stereocenters. The lowest BCUT2D eigenvalue weighted by Crippen LogP contribution is -1.97. The van der Waals surface area contributed by atoms with Crippen molar-refractivity contribution in [2.45, 2.75) is 0 Å². The van der Waals surface area contributed by atoms with Gasteiger partial charge in [-0.2, -0.15) is 14.9 Å². The molecule has 1 heterocycles. The molecule has 0 atom stereocenters. The van der Waals surface area contributed by atoms with Gasteiger partial charge in [0.15, 0.2) is 5.82 Å². The van der Waals surface area contributed by atoms with Crippen LogP contribution in [0.5, 0.6) is 5.75 Å². The van der Waals surface area contributed by atoms with E-state index in [1.165, 1.54) is 0 Å². The lowest BCUT2D eigenvalue weighted by Gasteiger charge is -2.06. The van der Waals surface area contributed by atoms with E-state index in [9.17, 15) is 0 Å². The van der Waals surface area contributed by atoms with Gasteiger partial charge in [-0.3, -0.25) is 0 Å². The van der Waals surface area contributed by atoms with Gasteiger partial charge in [0, 0.05) is 4.47 Å². The molecule has 0 radical (unpaired) electrons. The molecule has 7 heteroatoms. The van der Waals surface area contributed by atoms with Crippen molar-refractivity contribution in [3.8, 4) is 17.1 Å². The third-order valence-corrected chi connectivity index (χ3v) is 3.98. The fraction of sp³-hybridized carbons (Fsp3) is 0.0625. The summed E-state index contributed by atoms with van der Waals surface area (Å²) in [6, 6.07) is 15.4. The fourth-order valence-electron chi connectivity index (χ4n) is 2.08. The number of aromatic amines is 1. The van der Waals surface area contributed by atoms with Gasteiger partial charge in [-0.1, -0.05) is 40.2 Å². The largest absolute Gasteiger partial charge is 0.496 e. The van der Waals surface area contributed by atoms with Crippen LogP contribution in [0.4, 0.5) is 0 Å². The molecule has 3 rings (SSSR count). The lowest BCUT2D eigenvalue weighted by molar-refractivity contribution is 0.416. The van der Waals surface area contributed by atoms with E-state index in [2.05, 4.69) is 31.2 Å². The van der Waals surface area contributed by atoms with Gasteiger partial charge >= 0.3 is 0 Å². The minimum atomic E-state index is 0.416. The van der Waals surface area contributed by atoms with Crippen LogP contribution >= 0.6 is 28.1 Å². The average Bonchev–Trinajstić information content (AvgIpc) is 2.95. The topological polar surface area (TPSA) is 55.2 Å². The smallest absolute Gasteiger partial charge is 0.216 e.